The number of aryl methyl sites for hydroxylation is 1. The van der Waals surface area contributed by atoms with Gasteiger partial charge in [-0.15, -0.1) is 10.2 Å². The number of nitrogens with one attached hydrogen (secondary N) is 1. The van der Waals surface area contributed by atoms with Gasteiger partial charge in [0.05, 0.1) is 18.1 Å². The molecule has 0 unspecified atom stereocenters. The Hall–Kier alpha value is -3.07. The van der Waals surface area contributed by atoms with E-state index in [4.69, 9.17) is 8.83 Å². The maximum absolute atomic E-state index is 12.5. The molecular weight excluding hydrogens is 380 g/mol. The van der Waals surface area contributed by atoms with Crippen molar-refractivity contribution in [2.45, 2.75) is 24.3 Å². The molecule has 0 fully saturated rings. The highest BCUT2D eigenvalue weighted by Gasteiger charge is 2.23. The number of likely N-dealkylation sites (N-methyl/N-ethyl adjacent to an activating group) is 1. The quantitative estimate of drug-likeness (QED) is 0.608. The highest BCUT2D eigenvalue weighted by molar-refractivity contribution is 8.00. The molecule has 0 saturated heterocycles. The van der Waals surface area contributed by atoms with E-state index < -0.39 is 5.25 Å². The van der Waals surface area contributed by atoms with Crippen LogP contribution in [0.5, 0.6) is 0 Å². The Labute approximate surface area is 166 Å². The number of hydrogen-bond donors (Lipinski definition) is 1. The smallest absolute Gasteiger partial charge is 0.284 e. The molecule has 9 heteroatoms. The molecule has 0 spiro atoms. The Morgan fingerprint density at radius 1 is 1.21 bits per heavy atom. The van der Waals surface area contributed by atoms with E-state index in [0.29, 0.717) is 11.4 Å². The molecule has 0 aliphatic heterocycles. The predicted molar refractivity (Wildman–Crippen MR) is 105 cm³/mol. The molecule has 2 heterocycles. The van der Waals surface area contributed by atoms with Crippen molar-refractivity contribution in [3.05, 3.63) is 48.2 Å². The third-order valence-electron chi connectivity index (χ3n) is 3.86. The summed E-state index contributed by atoms with van der Waals surface area (Å²) in [5, 5.41) is 10.3. The van der Waals surface area contributed by atoms with Crippen LogP contribution >= 0.6 is 11.8 Å². The summed E-state index contributed by atoms with van der Waals surface area (Å²) < 4.78 is 10.7. The largest absolute Gasteiger partial charge is 0.459 e. The summed E-state index contributed by atoms with van der Waals surface area (Å²) in [4.78, 5) is 26.1. The van der Waals surface area contributed by atoms with Gasteiger partial charge in [-0.25, -0.2) is 0 Å². The van der Waals surface area contributed by atoms with E-state index in [0.717, 1.165) is 17.3 Å². The molecule has 8 nitrogen and oxygen atoms in total. The summed E-state index contributed by atoms with van der Waals surface area (Å²) in [6.45, 7) is 3.63. The number of nitrogens with zero attached hydrogens (tertiary/aromatic N) is 3. The number of anilines is 1. The lowest BCUT2D eigenvalue weighted by atomic mass is 10.2. The van der Waals surface area contributed by atoms with Crippen LogP contribution in [-0.2, 0) is 9.59 Å². The molecule has 3 rings (SSSR count). The standard InChI is InChI=1S/C19H20N4O4S/c1-12-6-8-14(9-7-12)20-16(24)11-23(3)18(25)13(2)28-19-22-21-17(27-19)15-5-4-10-26-15/h4-10,13H,11H2,1-3H3,(H,20,24)/t13-/m1/s1. The minimum absolute atomic E-state index is 0.0565. The van der Waals surface area contributed by atoms with Gasteiger partial charge in [-0.2, -0.15) is 0 Å². The van der Waals surface area contributed by atoms with Crippen LogP contribution < -0.4 is 5.32 Å². The average molecular weight is 400 g/mol. The van der Waals surface area contributed by atoms with Crippen LogP contribution in [0.4, 0.5) is 5.69 Å². The zero-order valence-electron chi connectivity index (χ0n) is 15.7. The SMILES string of the molecule is Cc1ccc(NC(=O)CN(C)C(=O)[C@@H](C)Sc2nnc(-c3ccco3)o2)cc1. The molecule has 0 aliphatic rings. The minimum atomic E-state index is -0.498. The Morgan fingerprint density at radius 3 is 2.64 bits per heavy atom. The average Bonchev–Trinajstić information content (AvgIpc) is 3.34. The molecule has 2 amide bonds. The minimum Gasteiger partial charge on any atom is -0.459 e. The first-order valence-corrected chi connectivity index (χ1v) is 9.46. The number of rotatable bonds is 7. The van der Waals surface area contributed by atoms with Crippen molar-refractivity contribution >= 4 is 29.3 Å². The van der Waals surface area contributed by atoms with Gasteiger partial charge in [0.2, 0.25) is 11.8 Å². The van der Waals surface area contributed by atoms with Gasteiger partial charge < -0.3 is 19.1 Å². The van der Waals surface area contributed by atoms with Gasteiger partial charge in [0.15, 0.2) is 5.76 Å². The van der Waals surface area contributed by atoms with Crippen molar-refractivity contribution in [2.75, 3.05) is 18.9 Å². The van der Waals surface area contributed by atoms with Gasteiger partial charge in [0, 0.05) is 12.7 Å². The number of carbonyl (C=O) groups is 2. The van der Waals surface area contributed by atoms with E-state index >= 15 is 0 Å². The Bertz CT molecular complexity index is 937. The zero-order chi connectivity index (χ0) is 20.1. The number of carbonyl (C=O) groups excluding carboxylic acids is 2. The predicted octanol–water partition coefficient (Wildman–Crippen LogP) is 3.22. The lowest BCUT2D eigenvalue weighted by Crippen LogP contribution is -2.38. The highest BCUT2D eigenvalue weighted by Crippen LogP contribution is 2.27. The van der Waals surface area contributed by atoms with Crippen molar-refractivity contribution in [3.63, 3.8) is 0 Å². The van der Waals surface area contributed by atoms with Crippen molar-refractivity contribution in [3.8, 4) is 11.7 Å². The van der Waals surface area contributed by atoms with Gasteiger partial charge >= 0.3 is 0 Å². The Balaban J connectivity index is 1.52. The number of benzene rings is 1. The monoisotopic (exact) mass is 400 g/mol. The fraction of sp³-hybridized carbons (Fsp3) is 0.263. The third-order valence-corrected chi connectivity index (χ3v) is 4.78. The van der Waals surface area contributed by atoms with E-state index in [-0.39, 0.29) is 29.5 Å². The van der Waals surface area contributed by atoms with Crippen LogP contribution in [0.3, 0.4) is 0 Å². The zero-order valence-corrected chi connectivity index (χ0v) is 16.5. The first kappa shape index (κ1) is 19.7. The first-order chi connectivity index (χ1) is 13.4. The summed E-state index contributed by atoms with van der Waals surface area (Å²) in [6.07, 6.45) is 1.51. The maximum atomic E-state index is 12.5. The van der Waals surface area contributed by atoms with Gasteiger partial charge in [-0.05, 0) is 38.1 Å². The van der Waals surface area contributed by atoms with Crippen molar-refractivity contribution < 1.29 is 18.4 Å². The molecule has 0 aliphatic carbocycles. The second kappa shape index (κ2) is 8.75. The number of furan rings is 1. The molecule has 28 heavy (non-hydrogen) atoms. The molecule has 1 aromatic carbocycles. The summed E-state index contributed by atoms with van der Waals surface area (Å²) in [5.41, 5.74) is 1.79. The van der Waals surface area contributed by atoms with Gasteiger partial charge in [-0.1, -0.05) is 29.5 Å². The molecule has 2 aromatic heterocycles. The van der Waals surface area contributed by atoms with Crippen LogP contribution in [0, 0.1) is 6.92 Å². The van der Waals surface area contributed by atoms with Gasteiger partial charge in [-0.3, -0.25) is 9.59 Å². The summed E-state index contributed by atoms with van der Waals surface area (Å²) in [6, 6.07) is 10.9. The van der Waals surface area contributed by atoms with E-state index in [1.807, 2.05) is 31.2 Å². The number of aromatic nitrogens is 2. The molecule has 1 atom stereocenters. The van der Waals surface area contributed by atoms with E-state index in [1.165, 1.54) is 11.2 Å². The summed E-state index contributed by atoms with van der Waals surface area (Å²) in [7, 11) is 1.58. The number of hydrogen-bond acceptors (Lipinski definition) is 7. The fourth-order valence-corrected chi connectivity index (χ4v) is 3.20. The summed E-state index contributed by atoms with van der Waals surface area (Å²) >= 11 is 1.13. The van der Waals surface area contributed by atoms with Crippen molar-refractivity contribution in [1.29, 1.82) is 0 Å². The van der Waals surface area contributed by atoms with Gasteiger partial charge in [0.25, 0.3) is 11.1 Å². The van der Waals surface area contributed by atoms with E-state index in [9.17, 15) is 9.59 Å². The van der Waals surface area contributed by atoms with Gasteiger partial charge in [0.1, 0.15) is 0 Å². The highest BCUT2D eigenvalue weighted by atomic mass is 32.2. The van der Waals surface area contributed by atoms with Crippen LogP contribution in [0.1, 0.15) is 12.5 Å². The van der Waals surface area contributed by atoms with Crippen LogP contribution in [0.2, 0.25) is 0 Å². The number of thioether (sulfide) groups is 1. The van der Waals surface area contributed by atoms with Crippen LogP contribution in [0.15, 0.2) is 56.7 Å². The second-order valence-corrected chi connectivity index (χ2v) is 7.51. The second-order valence-electron chi connectivity index (χ2n) is 6.22. The van der Waals surface area contributed by atoms with Crippen molar-refractivity contribution in [1.82, 2.24) is 15.1 Å². The molecule has 3 aromatic rings. The molecule has 1 N–H and O–H groups in total. The van der Waals surface area contributed by atoms with Crippen LogP contribution in [0.25, 0.3) is 11.7 Å². The Kier molecular flexibility index (Phi) is 6.15. The topological polar surface area (TPSA) is 101 Å². The molecular formula is C19H20N4O4S. The Morgan fingerprint density at radius 2 is 1.96 bits per heavy atom. The maximum Gasteiger partial charge on any atom is 0.284 e. The van der Waals surface area contributed by atoms with E-state index in [1.54, 1.807) is 26.1 Å². The lowest BCUT2D eigenvalue weighted by molar-refractivity contribution is -0.132. The molecule has 146 valence electrons. The first-order valence-electron chi connectivity index (χ1n) is 8.58. The van der Waals surface area contributed by atoms with Crippen molar-refractivity contribution in [2.24, 2.45) is 0 Å². The molecule has 0 saturated carbocycles. The fourth-order valence-electron chi connectivity index (χ4n) is 2.40. The normalized spacial score (nSPS) is 11.8. The van der Waals surface area contributed by atoms with E-state index in [2.05, 4.69) is 15.5 Å². The molecule has 0 radical (unpaired) electrons. The summed E-state index contributed by atoms with van der Waals surface area (Å²) in [5.74, 6) is 0.220. The van der Waals surface area contributed by atoms with Crippen LogP contribution in [-0.4, -0.2) is 45.8 Å². The lowest BCUT2D eigenvalue weighted by Gasteiger charge is -2.19. The molecule has 0 bridgehead atoms. The third kappa shape index (κ3) is 5.01. The number of amides is 2.